The Labute approximate surface area is 420 Å². The molecule has 6 saturated carbocycles. The van der Waals surface area contributed by atoms with Gasteiger partial charge in [0, 0.05) is 40.8 Å². The molecule has 1 aromatic heterocycles. The van der Waals surface area contributed by atoms with E-state index in [1.54, 1.807) is 6.26 Å². The molecule has 2 aromatic rings. The van der Waals surface area contributed by atoms with Crippen LogP contribution in [0.5, 0.6) is 0 Å². The van der Waals surface area contributed by atoms with Crippen LogP contribution >= 0.6 is 0 Å². The Balaban J connectivity index is 0.878. The fourth-order valence-electron chi connectivity index (χ4n) is 20.6. The van der Waals surface area contributed by atoms with Crippen LogP contribution in [0.3, 0.4) is 0 Å². The van der Waals surface area contributed by atoms with Gasteiger partial charge in [-0.1, -0.05) is 94.7 Å². The van der Waals surface area contributed by atoms with Gasteiger partial charge in [-0.25, -0.2) is 4.79 Å². The molecule has 11 heteroatoms. The van der Waals surface area contributed by atoms with Crippen LogP contribution in [-0.4, -0.2) is 83.1 Å². The summed E-state index contributed by atoms with van der Waals surface area (Å²) in [5.41, 5.74) is -3.61. The normalized spacial score (nSPS) is 47.3. The summed E-state index contributed by atoms with van der Waals surface area (Å²) in [4.78, 5) is 48.8. The quantitative estimate of drug-likeness (QED) is 0.193. The van der Waals surface area contributed by atoms with E-state index in [0.717, 1.165) is 114 Å². The number of nitrogens with one attached hydrogen (secondary N) is 1. The summed E-state index contributed by atoms with van der Waals surface area (Å²) in [5, 5.41) is 17.6. The van der Waals surface area contributed by atoms with E-state index in [2.05, 4.69) is 66.7 Å². The van der Waals surface area contributed by atoms with E-state index in [-0.39, 0.29) is 36.1 Å². The van der Waals surface area contributed by atoms with Gasteiger partial charge in [0.25, 0.3) is 0 Å². The number of hydrogen-bond donors (Lipinski definition) is 2. The molecule has 11 nitrogen and oxygen atoms in total. The van der Waals surface area contributed by atoms with Crippen LogP contribution in [0.4, 0.5) is 0 Å². The smallest absolute Gasteiger partial charge is 0.339 e. The number of benzene rings is 1. The first-order valence-electron chi connectivity index (χ1n) is 28.7. The summed E-state index contributed by atoms with van der Waals surface area (Å²) in [7, 11) is 0. The molecule has 2 N–H and O–H groups in total. The Kier molecular flexibility index (Phi) is 10.7. The number of nitrogens with zero attached hydrogens (tertiary/aromatic N) is 1. The standard InChI is InChI=1S/C60H78N2O9/c1-55-27-22-46-58-34-68-54(66)57(25-9-10-26-57)53(58)71-56(2,40-15-7-4-8-16-40)48(58)47(63)49(64)59(46,41-17-11-14-38(32-41)30-36-12-5-3-6-13-36)60(55)51(70-60)52(65)69-50(55)43-24-29-67-45(43)21-19-37-18-20-42-39(31-37)23-28-62-35-61-33-44(42)62/h3,5-6,12-13,23-24,28-29,37-42,44,46,48-51,53,61,64H,4,7-11,14-22,25-27,30-35H2,1-2H3. The average Bonchev–Trinajstić information content (AvgIpc) is 3.87. The number of aryl methyl sites for hydroxylation is 1. The van der Waals surface area contributed by atoms with E-state index in [1.807, 2.05) is 6.07 Å². The van der Waals surface area contributed by atoms with Crippen molar-refractivity contribution in [1.29, 1.82) is 0 Å². The van der Waals surface area contributed by atoms with Gasteiger partial charge in [-0.2, -0.15) is 0 Å². The van der Waals surface area contributed by atoms with Gasteiger partial charge in [0.05, 0.1) is 36.0 Å². The van der Waals surface area contributed by atoms with Crippen LogP contribution in [0.15, 0.2) is 59.4 Å². The number of esters is 2. The molecular weight excluding hydrogens is 893 g/mol. The van der Waals surface area contributed by atoms with Crippen molar-refractivity contribution < 1.29 is 42.9 Å². The van der Waals surface area contributed by atoms with Crippen molar-refractivity contribution in [2.75, 3.05) is 19.8 Å². The predicted molar refractivity (Wildman–Crippen MR) is 263 cm³/mol. The summed E-state index contributed by atoms with van der Waals surface area (Å²) in [6.07, 6.45) is 22.7. The van der Waals surface area contributed by atoms with Gasteiger partial charge in [-0.05, 0) is 143 Å². The Bertz CT molecular complexity index is 2460. The van der Waals surface area contributed by atoms with Crippen LogP contribution in [0.2, 0.25) is 0 Å². The van der Waals surface area contributed by atoms with Gasteiger partial charge in [-0.15, -0.1) is 0 Å². The molecule has 382 valence electrons. The number of hydrogen-bond acceptors (Lipinski definition) is 11. The molecule has 3 spiro atoms. The van der Waals surface area contributed by atoms with Gasteiger partial charge >= 0.3 is 11.9 Å². The molecule has 14 rings (SSSR count). The summed E-state index contributed by atoms with van der Waals surface area (Å²) in [5.74, 6) is 1.35. The third kappa shape index (κ3) is 6.12. The highest BCUT2D eigenvalue weighted by Gasteiger charge is 2.94. The number of ketones is 1. The van der Waals surface area contributed by atoms with Crippen LogP contribution in [0, 0.1) is 69.0 Å². The highest BCUT2D eigenvalue weighted by Crippen LogP contribution is 2.84. The van der Waals surface area contributed by atoms with Crippen molar-refractivity contribution in [2.24, 2.45) is 69.0 Å². The number of fused-ring (bicyclic) bond motifs is 5. The molecule has 17 unspecified atom stereocenters. The zero-order chi connectivity index (χ0) is 48.1. The molecule has 17 atom stereocenters. The van der Waals surface area contributed by atoms with Gasteiger partial charge in [0.2, 0.25) is 0 Å². The van der Waals surface area contributed by atoms with Crippen molar-refractivity contribution in [3.8, 4) is 0 Å². The Morgan fingerprint density at radius 2 is 1.63 bits per heavy atom. The van der Waals surface area contributed by atoms with Gasteiger partial charge < -0.3 is 33.4 Å². The second-order valence-corrected chi connectivity index (χ2v) is 26.1. The van der Waals surface area contributed by atoms with Crippen molar-refractivity contribution in [1.82, 2.24) is 10.2 Å². The number of carbonyl (C=O) groups is 3. The number of allylic oxidation sites excluding steroid dienone is 1. The average molecular weight is 971 g/mol. The number of cyclic esters (lactones) is 2. The number of carbonyl (C=O) groups excluding carboxylic acids is 3. The second-order valence-electron chi connectivity index (χ2n) is 26.1. The largest absolute Gasteiger partial charge is 0.469 e. The van der Waals surface area contributed by atoms with Crippen molar-refractivity contribution in [3.63, 3.8) is 0 Å². The van der Waals surface area contributed by atoms with Crippen LogP contribution in [0.1, 0.15) is 159 Å². The van der Waals surface area contributed by atoms with E-state index in [1.165, 1.54) is 24.8 Å². The first kappa shape index (κ1) is 46.1. The predicted octanol–water partition coefficient (Wildman–Crippen LogP) is 9.59. The first-order valence-corrected chi connectivity index (χ1v) is 28.7. The minimum atomic E-state index is -1.40. The lowest BCUT2D eigenvalue weighted by Gasteiger charge is -2.71. The third-order valence-corrected chi connectivity index (χ3v) is 23.4. The lowest BCUT2D eigenvalue weighted by Crippen LogP contribution is -2.80. The second kappa shape index (κ2) is 16.5. The monoisotopic (exact) mass is 971 g/mol. The first-order chi connectivity index (χ1) is 34.5. The summed E-state index contributed by atoms with van der Waals surface area (Å²) in [6.45, 7) is 6.57. The molecule has 71 heavy (non-hydrogen) atoms. The number of rotatable bonds is 8. The fourth-order valence-corrected chi connectivity index (χ4v) is 20.6. The van der Waals surface area contributed by atoms with Crippen LogP contribution in [0.25, 0.3) is 0 Å². The van der Waals surface area contributed by atoms with E-state index in [4.69, 9.17) is 23.4 Å². The maximum atomic E-state index is 16.6. The maximum Gasteiger partial charge on any atom is 0.339 e. The minimum Gasteiger partial charge on any atom is -0.469 e. The number of aliphatic hydroxyl groups is 1. The molecule has 6 aliphatic carbocycles. The lowest BCUT2D eigenvalue weighted by molar-refractivity contribution is -0.285. The highest BCUT2D eigenvalue weighted by atomic mass is 16.7. The summed E-state index contributed by atoms with van der Waals surface area (Å²) >= 11 is 0. The van der Waals surface area contributed by atoms with Gasteiger partial charge in [-0.3, -0.25) is 14.9 Å². The minimum absolute atomic E-state index is 0.0991. The summed E-state index contributed by atoms with van der Waals surface area (Å²) in [6, 6.07) is 13.4. The van der Waals surface area contributed by atoms with Gasteiger partial charge in [0.15, 0.2) is 11.9 Å². The highest BCUT2D eigenvalue weighted by molar-refractivity contribution is 5.93. The zero-order valence-electron chi connectivity index (χ0n) is 42.3. The number of aliphatic hydroxyl groups excluding tert-OH is 1. The molecular formula is C60H78N2O9. The number of Topliss-reactive ketones (excluding diaryl/α,β-unsaturated/α-hetero) is 1. The molecule has 12 aliphatic rings. The number of ether oxygens (including phenoxy) is 4. The van der Waals surface area contributed by atoms with Crippen LogP contribution < -0.4 is 5.32 Å². The summed E-state index contributed by atoms with van der Waals surface area (Å²) < 4.78 is 35.1. The van der Waals surface area contributed by atoms with Crippen molar-refractivity contribution in [3.05, 3.63) is 71.8 Å². The molecule has 0 radical (unpaired) electrons. The maximum absolute atomic E-state index is 16.6. The van der Waals surface area contributed by atoms with E-state index in [0.29, 0.717) is 55.4 Å². The van der Waals surface area contributed by atoms with E-state index < -0.39 is 69.2 Å². The molecule has 0 bridgehead atoms. The number of epoxide rings is 1. The van der Waals surface area contributed by atoms with Gasteiger partial charge in [0.1, 0.15) is 30.2 Å². The molecule has 0 amide bonds. The zero-order valence-corrected chi connectivity index (χ0v) is 42.3. The number of furan rings is 1. The Morgan fingerprint density at radius 1 is 0.817 bits per heavy atom. The molecule has 7 heterocycles. The van der Waals surface area contributed by atoms with Crippen LogP contribution in [-0.2, 0) is 46.2 Å². The Morgan fingerprint density at radius 3 is 2.46 bits per heavy atom. The van der Waals surface area contributed by atoms with E-state index in [9.17, 15) is 9.90 Å². The molecule has 6 aliphatic heterocycles. The molecule has 5 saturated heterocycles. The van der Waals surface area contributed by atoms with Crippen molar-refractivity contribution in [2.45, 2.75) is 190 Å². The lowest BCUT2D eigenvalue weighted by atomic mass is 9.32. The molecule has 1 aromatic carbocycles. The SMILES string of the molecule is CC1(C2CCCCC2)OC2C3(CCCC3)C(=O)OCC23C1C(=O)C(O)C1(C2CCCC(Cc4ccccc4)C2)C3CCC2(C)C(c3ccoc3CCC3CCC4C(C=CN5CNCC45)C3)OC(=O)C3OC321. The Hall–Kier alpha value is -3.51. The van der Waals surface area contributed by atoms with E-state index >= 15 is 9.59 Å². The fraction of sp³-hybridized carbons (Fsp3) is 0.750. The topological polar surface area (TPSA) is 140 Å². The van der Waals surface area contributed by atoms with Crippen molar-refractivity contribution >= 4 is 17.7 Å². The third-order valence-electron chi connectivity index (χ3n) is 23.4. The molecule has 11 fully saturated rings.